The fourth-order valence-corrected chi connectivity index (χ4v) is 4.57. The molecule has 3 heterocycles. The molecule has 1 unspecified atom stereocenters. The molecule has 5 nitrogen and oxygen atoms in total. The molecule has 2 aromatic rings. The summed E-state index contributed by atoms with van der Waals surface area (Å²) >= 11 is 0. The Hall–Kier alpha value is -1.72. The second-order valence-electron chi connectivity index (χ2n) is 8.08. The second-order valence-corrected chi connectivity index (χ2v) is 8.08. The maximum Gasteiger partial charge on any atom is 0.145 e. The van der Waals surface area contributed by atoms with Crippen LogP contribution in [0.4, 0.5) is 5.82 Å². The molecule has 2 aliphatic heterocycles. The molecule has 1 aromatic carbocycles. The van der Waals surface area contributed by atoms with Crippen LogP contribution in [0.3, 0.4) is 0 Å². The lowest BCUT2D eigenvalue weighted by molar-refractivity contribution is 0.0862. The third kappa shape index (κ3) is 4.58. The molecule has 146 valence electrons. The Balaban J connectivity index is 1.59. The molecule has 0 aliphatic carbocycles. The van der Waals surface area contributed by atoms with Crippen molar-refractivity contribution < 1.29 is 4.74 Å². The zero-order valence-corrected chi connectivity index (χ0v) is 16.6. The average molecular weight is 369 g/mol. The summed E-state index contributed by atoms with van der Waals surface area (Å²) in [5.41, 5.74) is 1.08. The van der Waals surface area contributed by atoms with Gasteiger partial charge in [-0.25, -0.2) is 9.97 Å². The molecule has 2 fully saturated rings. The van der Waals surface area contributed by atoms with Gasteiger partial charge in [-0.15, -0.1) is 0 Å². The van der Waals surface area contributed by atoms with E-state index in [9.17, 15) is 0 Å². The Morgan fingerprint density at radius 1 is 1.00 bits per heavy atom. The predicted octanol–water partition coefficient (Wildman–Crippen LogP) is 3.87. The largest absolute Gasteiger partial charge is 0.384 e. The lowest BCUT2D eigenvalue weighted by atomic mass is 9.99. The van der Waals surface area contributed by atoms with Gasteiger partial charge in [0.15, 0.2) is 0 Å². The van der Waals surface area contributed by atoms with E-state index in [-0.39, 0.29) is 0 Å². The maximum atomic E-state index is 5.38. The van der Waals surface area contributed by atoms with E-state index in [4.69, 9.17) is 14.7 Å². The van der Waals surface area contributed by atoms with E-state index in [1.54, 1.807) is 7.11 Å². The lowest BCUT2D eigenvalue weighted by Gasteiger charge is -2.32. The first-order valence-electron chi connectivity index (χ1n) is 10.6. The van der Waals surface area contributed by atoms with Gasteiger partial charge in [0.25, 0.3) is 0 Å². The summed E-state index contributed by atoms with van der Waals surface area (Å²) in [5.74, 6) is 2.74. The van der Waals surface area contributed by atoms with Gasteiger partial charge in [0.05, 0.1) is 18.7 Å². The molecule has 2 saturated heterocycles. The highest BCUT2D eigenvalue weighted by molar-refractivity contribution is 5.89. The van der Waals surface area contributed by atoms with Crippen molar-refractivity contribution in [1.82, 2.24) is 14.9 Å². The van der Waals surface area contributed by atoms with Crippen LogP contribution < -0.4 is 4.90 Å². The number of benzene rings is 1. The highest BCUT2D eigenvalue weighted by Gasteiger charge is 2.22. The normalized spacial score (nSPS) is 22.1. The molecular weight excluding hydrogens is 336 g/mol. The first-order valence-corrected chi connectivity index (χ1v) is 10.6. The molecule has 5 heteroatoms. The average Bonchev–Trinajstić information content (AvgIpc) is 2.97. The Bertz CT molecular complexity index is 740. The van der Waals surface area contributed by atoms with Crippen LogP contribution in [0.5, 0.6) is 0 Å². The number of anilines is 1. The van der Waals surface area contributed by atoms with Crippen LogP contribution in [-0.4, -0.2) is 54.8 Å². The van der Waals surface area contributed by atoms with Crippen LogP contribution in [0.25, 0.3) is 10.9 Å². The molecule has 4 rings (SSSR count). The van der Waals surface area contributed by atoms with Crippen molar-refractivity contribution in [2.24, 2.45) is 5.92 Å². The summed E-state index contributed by atoms with van der Waals surface area (Å²) < 4.78 is 5.38. The van der Waals surface area contributed by atoms with E-state index < -0.39 is 0 Å². The number of rotatable bonds is 5. The number of ether oxygens (including phenoxy) is 1. The molecular formula is C22H32N4O. The minimum Gasteiger partial charge on any atom is -0.384 e. The number of likely N-dealkylation sites (tertiary alicyclic amines) is 1. The molecule has 1 aromatic heterocycles. The van der Waals surface area contributed by atoms with Gasteiger partial charge in [0.1, 0.15) is 11.6 Å². The second kappa shape index (κ2) is 8.98. The molecule has 0 bridgehead atoms. The van der Waals surface area contributed by atoms with E-state index in [1.807, 2.05) is 0 Å². The number of hydrogen-bond acceptors (Lipinski definition) is 5. The van der Waals surface area contributed by atoms with E-state index in [0.717, 1.165) is 56.5 Å². The van der Waals surface area contributed by atoms with Crippen molar-refractivity contribution in [3.05, 3.63) is 30.1 Å². The van der Waals surface area contributed by atoms with E-state index >= 15 is 0 Å². The Kier molecular flexibility index (Phi) is 6.20. The number of methoxy groups -OCH3 is 1. The van der Waals surface area contributed by atoms with Crippen LogP contribution >= 0.6 is 0 Å². The molecule has 0 amide bonds. The van der Waals surface area contributed by atoms with Crippen molar-refractivity contribution in [2.75, 3.05) is 44.8 Å². The monoisotopic (exact) mass is 368 g/mol. The molecule has 0 spiro atoms. The molecule has 27 heavy (non-hydrogen) atoms. The first-order chi connectivity index (χ1) is 13.3. The summed E-state index contributed by atoms with van der Waals surface area (Å²) in [6.07, 6.45) is 7.70. The predicted molar refractivity (Wildman–Crippen MR) is 110 cm³/mol. The minimum absolute atomic E-state index is 0.634. The van der Waals surface area contributed by atoms with Crippen molar-refractivity contribution in [3.8, 4) is 0 Å². The fraction of sp³-hybridized carbons (Fsp3) is 0.636. The van der Waals surface area contributed by atoms with Crippen molar-refractivity contribution in [1.29, 1.82) is 0 Å². The molecule has 0 radical (unpaired) electrons. The summed E-state index contributed by atoms with van der Waals surface area (Å²) in [7, 11) is 1.80. The van der Waals surface area contributed by atoms with Crippen LogP contribution in [0.15, 0.2) is 24.3 Å². The number of piperidine rings is 1. The van der Waals surface area contributed by atoms with Gasteiger partial charge in [-0.1, -0.05) is 25.0 Å². The van der Waals surface area contributed by atoms with Crippen LogP contribution in [0.2, 0.25) is 0 Å². The van der Waals surface area contributed by atoms with E-state index in [1.165, 1.54) is 43.9 Å². The number of para-hydroxylation sites is 1. The van der Waals surface area contributed by atoms with Gasteiger partial charge in [-0.3, -0.25) is 4.90 Å². The Morgan fingerprint density at radius 2 is 1.81 bits per heavy atom. The van der Waals surface area contributed by atoms with Crippen LogP contribution in [-0.2, 0) is 11.3 Å². The van der Waals surface area contributed by atoms with Gasteiger partial charge in [-0.05, 0) is 50.3 Å². The Morgan fingerprint density at radius 3 is 2.63 bits per heavy atom. The van der Waals surface area contributed by atoms with E-state index in [0.29, 0.717) is 5.92 Å². The highest BCUT2D eigenvalue weighted by Crippen LogP contribution is 2.27. The summed E-state index contributed by atoms with van der Waals surface area (Å²) in [5, 5.41) is 1.19. The number of fused-ring (bicyclic) bond motifs is 1. The molecule has 1 atom stereocenters. The molecule has 2 aliphatic rings. The Labute approximate surface area is 162 Å². The van der Waals surface area contributed by atoms with Gasteiger partial charge < -0.3 is 9.64 Å². The smallest absolute Gasteiger partial charge is 0.145 e. The first kappa shape index (κ1) is 18.6. The fourth-order valence-electron chi connectivity index (χ4n) is 4.57. The summed E-state index contributed by atoms with van der Waals surface area (Å²) in [6.45, 7) is 6.14. The standard InChI is InChI=1S/C22H32N4O/c1-27-17-18-9-8-12-25(15-18)16-21-23-20-11-5-4-10-19(20)22(24-21)26-13-6-2-3-7-14-26/h4-5,10-11,18H,2-3,6-9,12-17H2,1H3. The maximum absolute atomic E-state index is 5.38. The zero-order chi connectivity index (χ0) is 18.5. The summed E-state index contributed by atoms with van der Waals surface area (Å²) in [4.78, 5) is 15.0. The van der Waals surface area contributed by atoms with Gasteiger partial charge in [-0.2, -0.15) is 0 Å². The van der Waals surface area contributed by atoms with E-state index in [2.05, 4.69) is 34.1 Å². The van der Waals surface area contributed by atoms with Crippen molar-refractivity contribution in [2.45, 2.75) is 45.1 Å². The van der Waals surface area contributed by atoms with Gasteiger partial charge in [0, 0.05) is 32.1 Å². The topological polar surface area (TPSA) is 41.5 Å². The molecule has 0 N–H and O–H groups in total. The van der Waals surface area contributed by atoms with Crippen LogP contribution in [0.1, 0.15) is 44.3 Å². The third-order valence-corrected chi connectivity index (χ3v) is 5.91. The lowest BCUT2D eigenvalue weighted by Crippen LogP contribution is -2.37. The number of aromatic nitrogens is 2. The van der Waals surface area contributed by atoms with Crippen molar-refractivity contribution in [3.63, 3.8) is 0 Å². The number of hydrogen-bond donors (Lipinski definition) is 0. The van der Waals surface area contributed by atoms with Crippen molar-refractivity contribution >= 4 is 16.7 Å². The highest BCUT2D eigenvalue weighted by atomic mass is 16.5. The third-order valence-electron chi connectivity index (χ3n) is 5.91. The van der Waals surface area contributed by atoms with Gasteiger partial charge >= 0.3 is 0 Å². The zero-order valence-electron chi connectivity index (χ0n) is 16.6. The van der Waals surface area contributed by atoms with Crippen LogP contribution in [0, 0.1) is 5.92 Å². The number of nitrogens with zero attached hydrogens (tertiary/aromatic N) is 4. The van der Waals surface area contributed by atoms with Gasteiger partial charge in [0.2, 0.25) is 0 Å². The quantitative estimate of drug-likeness (QED) is 0.801. The summed E-state index contributed by atoms with van der Waals surface area (Å²) in [6, 6.07) is 8.49. The minimum atomic E-state index is 0.634. The molecule has 0 saturated carbocycles. The SMILES string of the molecule is COCC1CCCN(Cc2nc(N3CCCCCC3)c3ccccc3n2)C1.